The highest BCUT2D eigenvalue weighted by atomic mass is 16.4. The fourth-order valence-corrected chi connectivity index (χ4v) is 1.92. The van der Waals surface area contributed by atoms with Gasteiger partial charge in [0.25, 0.3) is 0 Å². The van der Waals surface area contributed by atoms with Crippen molar-refractivity contribution in [1.82, 2.24) is 10.2 Å². The summed E-state index contributed by atoms with van der Waals surface area (Å²) >= 11 is 0. The number of nitrogens with one attached hydrogen (secondary N) is 1. The van der Waals surface area contributed by atoms with Crippen molar-refractivity contribution in [1.29, 1.82) is 0 Å². The molecular formula is C11H22N4O2. The molecule has 6 heteroatoms. The minimum absolute atomic E-state index is 0.0601. The van der Waals surface area contributed by atoms with Gasteiger partial charge < -0.3 is 21.2 Å². The molecule has 2 amide bonds. The van der Waals surface area contributed by atoms with E-state index >= 15 is 0 Å². The molecule has 1 heterocycles. The molecule has 1 aliphatic rings. The quantitative estimate of drug-likeness (QED) is 0.298. The number of oxime groups is 1. The molecule has 0 aromatic heterocycles. The maximum Gasteiger partial charge on any atom is 0.317 e. The highest BCUT2D eigenvalue weighted by Gasteiger charge is 2.21. The van der Waals surface area contributed by atoms with Crippen LogP contribution in [-0.4, -0.2) is 41.1 Å². The van der Waals surface area contributed by atoms with Crippen LogP contribution in [0.4, 0.5) is 4.79 Å². The number of nitrogens with two attached hydrogens (primary N) is 1. The first kappa shape index (κ1) is 13.6. The van der Waals surface area contributed by atoms with Crippen LogP contribution in [0.5, 0.6) is 0 Å². The van der Waals surface area contributed by atoms with E-state index in [0.717, 1.165) is 25.9 Å². The number of hydrogen-bond donors (Lipinski definition) is 3. The largest absolute Gasteiger partial charge is 0.409 e. The predicted molar refractivity (Wildman–Crippen MR) is 66.0 cm³/mol. The maximum atomic E-state index is 11.9. The second-order valence-corrected chi connectivity index (χ2v) is 4.82. The number of carbonyl (C=O) groups excluding carboxylic acids is 1. The number of piperidine rings is 1. The SMILES string of the molecule is CC1CCN(C(=O)NC(C)CC(N)=NO)CC1. The van der Waals surface area contributed by atoms with Gasteiger partial charge in [-0.3, -0.25) is 0 Å². The molecule has 6 nitrogen and oxygen atoms in total. The fraction of sp³-hybridized carbons (Fsp3) is 0.818. The molecule has 0 aliphatic carbocycles. The summed E-state index contributed by atoms with van der Waals surface area (Å²) in [4.78, 5) is 13.7. The standard InChI is InChI=1S/C11H22N4O2/c1-8-3-5-15(6-4-8)11(16)13-9(2)7-10(12)14-17/h8-9,17H,3-7H2,1-2H3,(H2,12,14)(H,13,16). The average Bonchev–Trinajstić information content (AvgIpc) is 2.29. The third-order valence-corrected chi connectivity index (χ3v) is 3.08. The molecule has 0 aromatic carbocycles. The third-order valence-electron chi connectivity index (χ3n) is 3.08. The van der Waals surface area contributed by atoms with Crippen LogP contribution >= 0.6 is 0 Å². The van der Waals surface area contributed by atoms with Crippen molar-refractivity contribution in [2.45, 2.75) is 39.2 Å². The molecular weight excluding hydrogens is 220 g/mol. The average molecular weight is 242 g/mol. The number of hydrogen-bond acceptors (Lipinski definition) is 3. The Morgan fingerprint density at radius 3 is 2.71 bits per heavy atom. The van der Waals surface area contributed by atoms with E-state index in [-0.39, 0.29) is 17.9 Å². The van der Waals surface area contributed by atoms with E-state index in [4.69, 9.17) is 10.9 Å². The van der Waals surface area contributed by atoms with Gasteiger partial charge in [0.15, 0.2) is 0 Å². The molecule has 1 saturated heterocycles. The number of amides is 2. The molecule has 4 N–H and O–H groups in total. The first-order chi connectivity index (χ1) is 8.02. The zero-order chi connectivity index (χ0) is 12.8. The van der Waals surface area contributed by atoms with E-state index in [2.05, 4.69) is 17.4 Å². The fourth-order valence-electron chi connectivity index (χ4n) is 1.92. The van der Waals surface area contributed by atoms with Crippen molar-refractivity contribution in [3.63, 3.8) is 0 Å². The van der Waals surface area contributed by atoms with Gasteiger partial charge in [0.2, 0.25) is 0 Å². The van der Waals surface area contributed by atoms with Crippen molar-refractivity contribution in [2.24, 2.45) is 16.8 Å². The number of likely N-dealkylation sites (tertiary alicyclic amines) is 1. The second-order valence-electron chi connectivity index (χ2n) is 4.82. The zero-order valence-corrected chi connectivity index (χ0v) is 10.5. The lowest BCUT2D eigenvalue weighted by atomic mass is 10.00. The molecule has 0 spiro atoms. The molecule has 17 heavy (non-hydrogen) atoms. The molecule has 0 aromatic rings. The van der Waals surface area contributed by atoms with Gasteiger partial charge in [-0.15, -0.1) is 0 Å². The van der Waals surface area contributed by atoms with E-state index < -0.39 is 0 Å². The minimum atomic E-state index is -0.127. The van der Waals surface area contributed by atoms with E-state index in [1.165, 1.54) is 0 Å². The number of urea groups is 1. The second kappa shape index (κ2) is 6.32. The molecule has 1 unspecified atom stereocenters. The smallest absolute Gasteiger partial charge is 0.317 e. The Hall–Kier alpha value is -1.46. The Labute approximate surface area is 102 Å². The molecule has 1 atom stereocenters. The number of nitrogens with zero attached hydrogens (tertiary/aromatic N) is 2. The summed E-state index contributed by atoms with van der Waals surface area (Å²) in [5.41, 5.74) is 5.38. The van der Waals surface area contributed by atoms with Gasteiger partial charge in [-0.1, -0.05) is 12.1 Å². The molecule has 0 radical (unpaired) electrons. The summed E-state index contributed by atoms with van der Waals surface area (Å²) in [7, 11) is 0. The lowest BCUT2D eigenvalue weighted by Gasteiger charge is -2.31. The third kappa shape index (κ3) is 4.50. The van der Waals surface area contributed by atoms with Crippen LogP contribution in [0.15, 0.2) is 5.16 Å². The normalized spacial score (nSPS) is 20.1. The highest BCUT2D eigenvalue weighted by molar-refractivity contribution is 5.81. The predicted octanol–water partition coefficient (Wildman–Crippen LogP) is 0.953. The van der Waals surface area contributed by atoms with Crippen molar-refractivity contribution in [3.05, 3.63) is 0 Å². The summed E-state index contributed by atoms with van der Waals surface area (Å²) in [6.07, 6.45) is 2.47. The van der Waals surface area contributed by atoms with Gasteiger partial charge in [-0.2, -0.15) is 0 Å². The van der Waals surface area contributed by atoms with Gasteiger partial charge in [0, 0.05) is 25.6 Å². The zero-order valence-electron chi connectivity index (χ0n) is 10.5. The lowest BCUT2D eigenvalue weighted by molar-refractivity contribution is 0.171. The summed E-state index contributed by atoms with van der Waals surface area (Å²) in [6, 6.07) is -0.187. The van der Waals surface area contributed by atoms with E-state index in [0.29, 0.717) is 12.3 Å². The summed E-state index contributed by atoms with van der Waals surface area (Å²) in [6.45, 7) is 5.66. The number of rotatable bonds is 3. The minimum Gasteiger partial charge on any atom is -0.409 e. The summed E-state index contributed by atoms with van der Waals surface area (Å²) in [5.74, 6) is 0.832. The topological polar surface area (TPSA) is 91.0 Å². The van der Waals surface area contributed by atoms with Gasteiger partial charge in [-0.05, 0) is 25.7 Å². The molecule has 1 fully saturated rings. The first-order valence-electron chi connectivity index (χ1n) is 6.04. The Kier molecular flexibility index (Phi) is 5.06. The molecule has 1 aliphatic heterocycles. The van der Waals surface area contributed by atoms with Crippen LogP contribution in [0.3, 0.4) is 0 Å². The van der Waals surface area contributed by atoms with E-state index in [1.807, 2.05) is 11.8 Å². The molecule has 98 valence electrons. The van der Waals surface area contributed by atoms with Crippen LogP contribution in [-0.2, 0) is 0 Å². The van der Waals surface area contributed by atoms with Crippen LogP contribution in [0.2, 0.25) is 0 Å². The molecule has 0 bridgehead atoms. The Morgan fingerprint density at radius 1 is 1.59 bits per heavy atom. The maximum absolute atomic E-state index is 11.9. The Morgan fingerprint density at radius 2 is 2.18 bits per heavy atom. The Balaban J connectivity index is 2.33. The highest BCUT2D eigenvalue weighted by Crippen LogP contribution is 2.15. The van der Waals surface area contributed by atoms with E-state index in [9.17, 15) is 4.79 Å². The molecule has 0 saturated carbocycles. The monoisotopic (exact) mass is 242 g/mol. The molecule has 1 rings (SSSR count). The van der Waals surface area contributed by atoms with Gasteiger partial charge in [0.1, 0.15) is 5.84 Å². The van der Waals surface area contributed by atoms with Crippen LogP contribution in [0.1, 0.15) is 33.1 Å². The number of carbonyl (C=O) groups is 1. The van der Waals surface area contributed by atoms with Crippen LogP contribution < -0.4 is 11.1 Å². The van der Waals surface area contributed by atoms with Crippen molar-refractivity contribution < 1.29 is 10.0 Å². The van der Waals surface area contributed by atoms with Crippen molar-refractivity contribution in [3.8, 4) is 0 Å². The van der Waals surface area contributed by atoms with Crippen LogP contribution in [0.25, 0.3) is 0 Å². The van der Waals surface area contributed by atoms with Crippen molar-refractivity contribution >= 4 is 11.9 Å². The summed E-state index contributed by atoms with van der Waals surface area (Å²) in [5, 5.41) is 14.2. The van der Waals surface area contributed by atoms with Gasteiger partial charge in [-0.25, -0.2) is 4.79 Å². The van der Waals surface area contributed by atoms with Gasteiger partial charge in [0.05, 0.1) is 0 Å². The summed E-state index contributed by atoms with van der Waals surface area (Å²) < 4.78 is 0. The Bertz CT molecular complexity index is 285. The van der Waals surface area contributed by atoms with Crippen LogP contribution in [0, 0.1) is 5.92 Å². The van der Waals surface area contributed by atoms with E-state index in [1.54, 1.807) is 0 Å². The number of amidine groups is 1. The first-order valence-corrected chi connectivity index (χ1v) is 6.04. The lowest BCUT2D eigenvalue weighted by Crippen LogP contribution is -2.47. The van der Waals surface area contributed by atoms with Gasteiger partial charge >= 0.3 is 6.03 Å². The van der Waals surface area contributed by atoms with Crippen molar-refractivity contribution in [2.75, 3.05) is 13.1 Å².